The van der Waals surface area contributed by atoms with Gasteiger partial charge in [-0.05, 0) is 90.8 Å². The maximum Gasteiger partial charge on any atom is 0.410 e. The van der Waals surface area contributed by atoms with Gasteiger partial charge in [-0.15, -0.1) is 5.10 Å². The molecule has 330 valence electrons. The number of aliphatic hydroxyl groups excluding tert-OH is 2. The van der Waals surface area contributed by atoms with Crippen molar-refractivity contribution in [1.82, 2.24) is 25.2 Å². The van der Waals surface area contributed by atoms with Gasteiger partial charge in [0.25, 0.3) is 0 Å². The minimum absolute atomic E-state index is 0.104. The summed E-state index contributed by atoms with van der Waals surface area (Å²) in [6, 6.07) is 5.69. The molecule has 13 atom stereocenters. The lowest BCUT2D eigenvalue weighted by Gasteiger charge is -2.45. The van der Waals surface area contributed by atoms with Crippen molar-refractivity contribution in [2.24, 2.45) is 23.5 Å². The molecule has 17 heteroatoms. The van der Waals surface area contributed by atoms with E-state index >= 15 is 0 Å². The summed E-state index contributed by atoms with van der Waals surface area (Å²) in [6.45, 7) is 13.6. The molecule has 0 aliphatic carbocycles. The molecule has 2 aromatic rings. The number of ether oxygens (including phenoxy) is 5. The number of nitrogen functional groups attached to an aromatic ring is 1. The zero-order valence-corrected chi connectivity index (χ0v) is 35.9. The van der Waals surface area contributed by atoms with Gasteiger partial charge >= 0.3 is 12.1 Å². The number of unbranched alkanes of at least 4 members (excludes halogenated alkanes) is 1. The van der Waals surface area contributed by atoms with Crippen molar-refractivity contribution in [3.8, 4) is 11.3 Å². The first-order chi connectivity index (χ1) is 28.0. The van der Waals surface area contributed by atoms with Gasteiger partial charge in [0.15, 0.2) is 17.7 Å². The lowest BCUT2D eigenvalue weighted by atomic mass is 9.78. The fraction of sp³-hybridized carbons (Fsp3) is 0.738. The third kappa shape index (κ3) is 10.4. The van der Waals surface area contributed by atoms with E-state index in [1.54, 1.807) is 30.5 Å². The van der Waals surface area contributed by atoms with Gasteiger partial charge in [-0.3, -0.25) is 19.2 Å². The molecule has 0 bridgehead atoms. The summed E-state index contributed by atoms with van der Waals surface area (Å²) >= 11 is 0. The molecule has 0 spiro atoms. The zero-order valence-electron chi connectivity index (χ0n) is 35.9. The Morgan fingerprint density at radius 2 is 1.83 bits per heavy atom. The normalized spacial score (nSPS) is 36.4. The SMILES string of the molecule is CC[C@H]1OC(=O)[C@H](C)C(=O)[C@H](C)[C@@H](O[C@@H]2O[C@H](C)CC(N)C2O)[C@](C)(OC)C[C@@H](C)CN[C@H](CCO)[C@H]2N(CCCCn3cc(-c4cccc(N)c4)nn3)C(=O)O[C@]12C. The van der Waals surface area contributed by atoms with Crippen molar-refractivity contribution in [2.75, 3.05) is 32.5 Å². The van der Waals surface area contributed by atoms with E-state index in [4.69, 9.17) is 35.2 Å². The van der Waals surface area contributed by atoms with Crippen LogP contribution in [0.4, 0.5) is 10.5 Å². The Morgan fingerprint density at radius 1 is 1.10 bits per heavy atom. The first-order valence-electron chi connectivity index (χ1n) is 21.1. The quantitative estimate of drug-likeness (QED) is 0.0895. The predicted octanol–water partition coefficient (Wildman–Crippen LogP) is 3.04. The van der Waals surface area contributed by atoms with E-state index in [9.17, 15) is 24.6 Å². The number of benzene rings is 1. The molecule has 17 nitrogen and oxygen atoms in total. The smallest absolute Gasteiger partial charge is 0.410 e. The Kier molecular flexibility index (Phi) is 15.5. The number of aromatic nitrogens is 3. The molecule has 3 fully saturated rings. The number of nitrogens with one attached hydrogen (secondary N) is 1. The van der Waals surface area contributed by atoms with Gasteiger partial charge in [-0.1, -0.05) is 38.1 Å². The lowest BCUT2D eigenvalue weighted by molar-refractivity contribution is -0.288. The molecule has 0 saturated carbocycles. The number of aliphatic hydroxyl groups is 2. The third-order valence-corrected chi connectivity index (χ3v) is 12.5. The Bertz CT molecular complexity index is 1730. The number of hydrogen-bond donors (Lipinski definition) is 5. The maximum absolute atomic E-state index is 14.3. The molecule has 3 aliphatic heterocycles. The molecule has 2 unspecified atom stereocenters. The van der Waals surface area contributed by atoms with E-state index in [2.05, 4.69) is 15.6 Å². The van der Waals surface area contributed by atoms with Crippen molar-refractivity contribution in [3.05, 3.63) is 30.5 Å². The van der Waals surface area contributed by atoms with Crippen LogP contribution in [0.1, 0.15) is 87.0 Å². The van der Waals surface area contributed by atoms with Crippen LogP contribution in [0.2, 0.25) is 0 Å². The van der Waals surface area contributed by atoms with E-state index in [1.165, 1.54) is 6.92 Å². The van der Waals surface area contributed by atoms with Gasteiger partial charge < -0.3 is 50.7 Å². The van der Waals surface area contributed by atoms with Crippen molar-refractivity contribution >= 4 is 23.5 Å². The van der Waals surface area contributed by atoms with Crippen LogP contribution in [0.3, 0.4) is 0 Å². The van der Waals surface area contributed by atoms with Crippen LogP contribution in [0.25, 0.3) is 11.3 Å². The summed E-state index contributed by atoms with van der Waals surface area (Å²) in [5.41, 5.74) is 11.9. The van der Waals surface area contributed by atoms with Crippen LogP contribution in [0.15, 0.2) is 30.5 Å². The van der Waals surface area contributed by atoms with Gasteiger partial charge in [-0.25, -0.2) is 4.79 Å². The summed E-state index contributed by atoms with van der Waals surface area (Å²) in [7, 11) is 1.54. The number of amides is 1. The molecule has 5 rings (SSSR count). The summed E-state index contributed by atoms with van der Waals surface area (Å²) < 4.78 is 32.9. The van der Waals surface area contributed by atoms with Crippen LogP contribution in [0, 0.1) is 17.8 Å². The molecule has 1 amide bonds. The van der Waals surface area contributed by atoms with Crippen molar-refractivity contribution in [3.63, 3.8) is 0 Å². The number of anilines is 1. The summed E-state index contributed by atoms with van der Waals surface area (Å²) in [5.74, 6) is -3.47. The van der Waals surface area contributed by atoms with Crippen LogP contribution in [0.5, 0.6) is 0 Å². The topological polar surface area (TPSA) is 236 Å². The molecule has 3 aliphatic rings. The number of carbonyl (C=O) groups is 3. The average molecular weight is 830 g/mol. The number of esters is 1. The van der Waals surface area contributed by atoms with Gasteiger partial charge in [-0.2, -0.15) is 0 Å². The monoisotopic (exact) mass is 829 g/mol. The Balaban J connectivity index is 1.41. The average Bonchev–Trinajstić information content (AvgIpc) is 3.78. The molecular weight excluding hydrogens is 763 g/mol. The van der Waals surface area contributed by atoms with E-state index in [0.717, 1.165) is 5.56 Å². The van der Waals surface area contributed by atoms with E-state index < -0.39 is 83.6 Å². The van der Waals surface area contributed by atoms with Gasteiger partial charge in [0.2, 0.25) is 0 Å². The van der Waals surface area contributed by atoms with Crippen LogP contribution >= 0.6 is 0 Å². The van der Waals surface area contributed by atoms with E-state index in [-0.39, 0.29) is 31.5 Å². The Labute approximate surface area is 347 Å². The minimum Gasteiger partial charge on any atom is -0.458 e. The highest BCUT2D eigenvalue weighted by Crippen LogP contribution is 2.40. The third-order valence-electron chi connectivity index (χ3n) is 12.5. The number of nitrogens with two attached hydrogens (primary N) is 2. The fourth-order valence-electron chi connectivity index (χ4n) is 9.22. The first-order valence-corrected chi connectivity index (χ1v) is 21.1. The largest absolute Gasteiger partial charge is 0.458 e. The number of carbonyl (C=O) groups excluding carboxylic acids is 3. The Hall–Kier alpha value is -3.71. The van der Waals surface area contributed by atoms with Crippen molar-refractivity contribution < 1.29 is 48.3 Å². The number of ketones is 1. The molecule has 59 heavy (non-hydrogen) atoms. The van der Waals surface area contributed by atoms with Crippen LogP contribution in [-0.2, 0) is 39.8 Å². The van der Waals surface area contributed by atoms with Gasteiger partial charge in [0.05, 0.1) is 30.0 Å². The zero-order chi connectivity index (χ0) is 43.2. The second-order valence-corrected chi connectivity index (χ2v) is 17.3. The molecule has 7 N–H and O–H groups in total. The summed E-state index contributed by atoms with van der Waals surface area (Å²) in [6.07, 6.45) is -0.568. The second-order valence-electron chi connectivity index (χ2n) is 17.3. The number of nitrogens with zero attached hydrogens (tertiary/aromatic N) is 4. The number of aryl methyl sites for hydroxylation is 1. The minimum atomic E-state index is -1.35. The molecule has 1 aromatic heterocycles. The fourth-order valence-corrected chi connectivity index (χ4v) is 9.22. The maximum atomic E-state index is 14.3. The second kappa shape index (κ2) is 19.8. The van der Waals surface area contributed by atoms with Gasteiger partial charge in [0, 0.05) is 56.1 Å². The summed E-state index contributed by atoms with van der Waals surface area (Å²) in [5, 5.41) is 33.7. The molecule has 4 heterocycles. The van der Waals surface area contributed by atoms with Crippen LogP contribution < -0.4 is 16.8 Å². The predicted molar refractivity (Wildman–Crippen MR) is 218 cm³/mol. The summed E-state index contributed by atoms with van der Waals surface area (Å²) in [4.78, 5) is 43.9. The van der Waals surface area contributed by atoms with Crippen LogP contribution in [-0.4, -0.2) is 135 Å². The number of Topliss-reactive ketones (excluding diaryl/α,β-unsaturated/α-hetero) is 1. The number of cyclic esters (lactones) is 1. The molecular formula is C42H67N7O10. The first kappa shape index (κ1) is 46.4. The number of hydrogen-bond acceptors (Lipinski definition) is 15. The number of methoxy groups -OCH3 is 1. The van der Waals surface area contributed by atoms with E-state index in [0.29, 0.717) is 56.7 Å². The highest BCUT2D eigenvalue weighted by Gasteiger charge is 2.59. The number of fused-ring (bicyclic) bond motifs is 1. The van der Waals surface area contributed by atoms with Crippen molar-refractivity contribution in [2.45, 2.75) is 154 Å². The lowest BCUT2D eigenvalue weighted by Crippen LogP contribution is -2.62. The molecule has 1 aromatic carbocycles. The molecule has 3 saturated heterocycles. The molecule has 0 radical (unpaired) electrons. The van der Waals surface area contributed by atoms with Crippen molar-refractivity contribution in [1.29, 1.82) is 0 Å². The standard InChI is InChI=1S/C42H67N7O10/c1-9-33-42(7)36(49(40(54)59-42)17-11-10-16-48-23-32(46-47-48)28-13-12-14-29(43)20-28)31(15-18-50)45-22-24(2)21-41(6,55-8)37(26(4)34(51)27(5)38(53)57-33)58-39-35(52)30(44)19-25(3)56-39/h12-14,20,23-27,30-31,33,35-37,39,45,50,52H,9-11,15-19,21-22,43-44H2,1-8H3/t24-,25-,26+,27-,30?,31-,33-,35?,36-,37-,39+,41-,42-/m1/s1. The Morgan fingerprint density at radius 3 is 2.51 bits per heavy atom. The highest BCUT2D eigenvalue weighted by molar-refractivity contribution is 6.00. The highest BCUT2D eigenvalue weighted by atomic mass is 16.7. The van der Waals surface area contributed by atoms with E-state index in [1.807, 2.05) is 58.2 Å². The number of rotatable bonds is 12. The van der Waals surface area contributed by atoms with Gasteiger partial charge in [0.1, 0.15) is 23.8 Å².